The first-order valence-electron chi connectivity index (χ1n) is 10.9. The first-order valence-corrected chi connectivity index (χ1v) is 10.9. The van der Waals surface area contributed by atoms with Crippen molar-refractivity contribution in [2.75, 3.05) is 0 Å². The van der Waals surface area contributed by atoms with Gasteiger partial charge < -0.3 is 10.3 Å². The van der Waals surface area contributed by atoms with Crippen molar-refractivity contribution in [1.82, 2.24) is 30.0 Å². The lowest BCUT2D eigenvalue weighted by Gasteiger charge is -2.24. The summed E-state index contributed by atoms with van der Waals surface area (Å²) >= 11 is 0. The highest BCUT2D eigenvalue weighted by Gasteiger charge is 2.38. The van der Waals surface area contributed by atoms with Crippen molar-refractivity contribution in [3.8, 4) is 11.4 Å². The summed E-state index contributed by atoms with van der Waals surface area (Å²) < 4.78 is 44.8. The molecular weight excluding hydrogens is 457 g/mol. The number of alkyl halides is 2. The molecule has 35 heavy (non-hydrogen) atoms. The fourth-order valence-electron chi connectivity index (χ4n) is 4.00. The van der Waals surface area contributed by atoms with E-state index in [9.17, 15) is 18.0 Å². The molecule has 0 bridgehead atoms. The molecule has 1 unspecified atom stereocenters. The standard InChI is InChI=1S/C25H21F3N6O/c1-14(25(27,28)11-15-6-4-3-5-7-15)31-24(35)18-12-29-23-22(18)32-19(13-30-23)21-17-9-8-16(26)10-20(17)34(2)33-21/h3-10,12-14H,11H2,1-2H3,(H,29,30)(H,31,35). The minimum absolute atomic E-state index is 0.0861. The Hall–Kier alpha value is -4.21. The molecule has 10 heteroatoms. The second-order valence-electron chi connectivity index (χ2n) is 8.41. The lowest BCUT2D eigenvalue weighted by Crippen LogP contribution is -2.46. The molecule has 0 saturated carbocycles. The van der Waals surface area contributed by atoms with Gasteiger partial charge in [-0.25, -0.2) is 23.1 Å². The minimum Gasteiger partial charge on any atom is -0.344 e. The van der Waals surface area contributed by atoms with Crippen molar-refractivity contribution in [2.45, 2.75) is 25.3 Å². The Morgan fingerprint density at radius 2 is 1.97 bits per heavy atom. The lowest BCUT2D eigenvalue weighted by atomic mass is 10.0. The molecular formula is C25H21F3N6O. The monoisotopic (exact) mass is 478 g/mol. The predicted molar refractivity (Wildman–Crippen MR) is 126 cm³/mol. The molecule has 7 nitrogen and oxygen atoms in total. The van der Waals surface area contributed by atoms with E-state index >= 15 is 0 Å². The molecule has 3 heterocycles. The van der Waals surface area contributed by atoms with E-state index in [0.29, 0.717) is 33.5 Å². The van der Waals surface area contributed by atoms with Gasteiger partial charge in [0.25, 0.3) is 11.8 Å². The number of hydrogen-bond acceptors (Lipinski definition) is 4. The number of hydrogen-bond donors (Lipinski definition) is 2. The Bertz CT molecular complexity index is 1540. The van der Waals surface area contributed by atoms with E-state index in [1.54, 1.807) is 43.4 Å². The number of nitrogens with one attached hydrogen (secondary N) is 2. The zero-order valence-corrected chi connectivity index (χ0v) is 18.9. The van der Waals surface area contributed by atoms with Gasteiger partial charge in [-0.2, -0.15) is 5.10 Å². The van der Waals surface area contributed by atoms with E-state index in [2.05, 4.69) is 25.4 Å². The molecule has 0 saturated heterocycles. The smallest absolute Gasteiger partial charge is 0.271 e. The van der Waals surface area contributed by atoms with Gasteiger partial charge in [-0.3, -0.25) is 9.48 Å². The molecule has 2 N–H and O–H groups in total. The average Bonchev–Trinajstić information content (AvgIpc) is 3.40. The van der Waals surface area contributed by atoms with Gasteiger partial charge in [-0.05, 0) is 30.7 Å². The largest absolute Gasteiger partial charge is 0.344 e. The Morgan fingerprint density at radius 3 is 2.74 bits per heavy atom. The second-order valence-corrected chi connectivity index (χ2v) is 8.41. The summed E-state index contributed by atoms with van der Waals surface area (Å²) in [6.45, 7) is 1.27. The Morgan fingerprint density at radius 1 is 1.20 bits per heavy atom. The van der Waals surface area contributed by atoms with E-state index in [1.165, 1.54) is 36.1 Å². The molecule has 0 aliphatic heterocycles. The summed E-state index contributed by atoms with van der Waals surface area (Å²) in [5.74, 6) is -4.26. The molecule has 178 valence electrons. The number of aromatic amines is 1. The maximum absolute atomic E-state index is 14.8. The number of carbonyl (C=O) groups excluding carboxylic acids is 1. The quantitative estimate of drug-likeness (QED) is 0.372. The van der Waals surface area contributed by atoms with Gasteiger partial charge >= 0.3 is 0 Å². The molecule has 1 atom stereocenters. The summed E-state index contributed by atoms with van der Waals surface area (Å²) in [4.78, 5) is 24.6. The molecule has 5 rings (SSSR count). The maximum Gasteiger partial charge on any atom is 0.271 e. The molecule has 3 aromatic heterocycles. The van der Waals surface area contributed by atoms with Gasteiger partial charge in [0.15, 0.2) is 5.65 Å². The Kier molecular flexibility index (Phi) is 5.50. The van der Waals surface area contributed by atoms with Crippen LogP contribution in [0.3, 0.4) is 0 Å². The summed E-state index contributed by atoms with van der Waals surface area (Å²) in [6.07, 6.45) is 2.38. The van der Waals surface area contributed by atoms with E-state index in [4.69, 9.17) is 0 Å². The maximum atomic E-state index is 14.8. The normalized spacial score (nSPS) is 12.8. The minimum atomic E-state index is -3.16. The van der Waals surface area contributed by atoms with Crippen LogP contribution in [-0.2, 0) is 13.5 Å². The van der Waals surface area contributed by atoms with Crippen LogP contribution in [0.2, 0.25) is 0 Å². The van der Waals surface area contributed by atoms with E-state index < -0.39 is 30.1 Å². The van der Waals surface area contributed by atoms with Gasteiger partial charge in [0.05, 0.1) is 23.3 Å². The van der Waals surface area contributed by atoms with Crippen molar-refractivity contribution in [3.63, 3.8) is 0 Å². The van der Waals surface area contributed by atoms with Crippen LogP contribution in [-0.4, -0.2) is 42.6 Å². The molecule has 2 aromatic carbocycles. The number of H-pyrrole nitrogens is 1. The number of benzene rings is 2. The zero-order valence-electron chi connectivity index (χ0n) is 18.9. The molecule has 0 aliphatic rings. The average molecular weight is 478 g/mol. The number of amides is 1. The van der Waals surface area contributed by atoms with Crippen molar-refractivity contribution >= 4 is 28.0 Å². The fraction of sp³-hybridized carbons (Fsp3) is 0.200. The van der Waals surface area contributed by atoms with Crippen molar-refractivity contribution in [1.29, 1.82) is 0 Å². The number of carbonyl (C=O) groups is 1. The van der Waals surface area contributed by atoms with Crippen molar-refractivity contribution in [3.05, 3.63) is 77.9 Å². The number of rotatable bonds is 6. The highest BCUT2D eigenvalue weighted by molar-refractivity contribution is 6.05. The molecule has 0 aliphatic carbocycles. The van der Waals surface area contributed by atoms with Crippen LogP contribution in [0.5, 0.6) is 0 Å². The van der Waals surface area contributed by atoms with Crippen LogP contribution in [0, 0.1) is 5.82 Å². The number of aryl methyl sites for hydroxylation is 1. The predicted octanol–water partition coefficient (Wildman–Crippen LogP) is 4.65. The SMILES string of the molecule is CC(NC(=O)c1c[nH]c2ncc(-c3nn(C)c4cc(F)ccc34)nc12)C(F)(F)Cc1ccccc1. The molecule has 1 amide bonds. The summed E-state index contributed by atoms with van der Waals surface area (Å²) in [5, 5.41) is 7.49. The number of nitrogens with zero attached hydrogens (tertiary/aromatic N) is 4. The Balaban J connectivity index is 1.44. The molecule has 0 radical (unpaired) electrons. The van der Waals surface area contributed by atoms with Crippen LogP contribution >= 0.6 is 0 Å². The topological polar surface area (TPSA) is 88.5 Å². The summed E-state index contributed by atoms with van der Waals surface area (Å²) in [5.41, 5.74) is 2.52. The van der Waals surface area contributed by atoms with Crippen LogP contribution in [0.4, 0.5) is 13.2 Å². The van der Waals surface area contributed by atoms with E-state index in [-0.39, 0.29) is 11.1 Å². The number of halogens is 3. The highest BCUT2D eigenvalue weighted by atomic mass is 19.3. The number of fused-ring (bicyclic) bond motifs is 2. The summed E-state index contributed by atoms with van der Waals surface area (Å²) in [6, 6.07) is 11.2. The first-order chi connectivity index (χ1) is 16.7. The van der Waals surface area contributed by atoms with Crippen LogP contribution in [0.15, 0.2) is 60.9 Å². The number of aromatic nitrogens is 5. The zero-order chi connectivity index (χ0) is 24.7. The van der Waals surface area contributed by atoms with Crippen LogP contribution in [0.25, 0.3) is 33.5 Å². The third kappa shape index (κ3) is 4.23. The van der Waals surface area contributed by atoms with Gasteiger partial charge in [-0.1, -0.05) is 30.3 Å². The molecule has 5 aromatic rings. The van der Waals surface area contributed by atoms with Crippen LogP contribution in [0.1, 0.15) is 22.8 Å². The van der Waals surface area contributed by atoms with E-state index in [0.717, 1.165) is 0 Å². The van der Waals surface area contributed by atoms with Gasteiger partial charge in [0, 0.05) is 25.1 Å². The molecule has 0 fully saturated rings. The Labute approximate surface area is 198 Å². The van der Waals surface area contributed by atoms with E-state index in [1.807, 2.05) is 0 Å². The second kappa shape index (κ2) is 8.53. The fourth-order valence-corrected chi connectivity index (χ4v) is 4.00. The third-order valence-corrected chi connectivity index (χ3v) is 5.95. The van der Waals surface area contributed by atoms with Gasteiger partial charge in [0.1, 0.15) is 22.7 Å². The third-order valence-electron chi connectivity index (χ3n) is 5.95. The lowest BCUT2D eigenvalue weighted by molar-refractivity contribution is -0.0290. The van der Waals surface area contributed by atoms with Gasteiger partial charge in [-0.15, -0.1) is 0 Å². The van der Waals surface area contributed by atoms with Crippen molar-refractivity contribution < 1.29 is 18.0 Å². The summed E-state index contributed by atoms with van der Waals surface area (Å²) in [7, 11) is 1.68. The first kappa shape index (κ1) is 22.6. The van der Waals surface area contributed by atoms with Crippen molar-refractivity contribution in [2.24, 2.45) is 7.05 Å². The highest BCUT2D eigenvalue weighted by Crippen LogP contribution is 2.29. The van der Waals surface area contributed by atoms with Crippen LogP contribution < -0.4 is 5.32 Å². The van der Waals surface area contributed by atoms with Gasteiger partial charge in [0.2, 0.25) is 0 Å². The molecule has 0 spiro atoms.